The SMILES string of the molecule is CC(C)OC(=O)Oc1ccc(C[C@H](N)C(=O)O[C@@H](C)[C@H](C)OC(=O)OC(C)(C)C)cc1OC(=O)OC(C)C. The second-order valence-electron chi connectivity index (χ2n) is 10.1. The second-order valence-corrected chi connectivity index (χ2v) is 10.1. The van der Waals surface area contributed by atoms with Gasteiger partial charge in [-0.3, -0.25) is 4.79 Å². The maximum absolute atomic E-state index is 12.6. The highest BCUT2D eigenvalue weighted by molar-refractivity contribution is 5.76. The van der Waals surface area contributed by atoms with E-state index >= 15 is 0 Å². The van der Waals surface area contributed by atoms with Crippen LogP contribution in [0.1, 0.15) is 67.9 Å². The summed E-state index contributed by atoms with van der Waals surface area (Å²) in [5.74, 6) is -0.986. The summed E-state index contributed by atoms with van der Waals surface area (Å²) in [4.78, 5) is 48.4. The molecule has 3 atom stereocenters. The van der Waals surface area contributed by atoms with E-state index in [-0.39, 0.29) is 17.9 Å². The van der Waals surface area contributed by atoms with Crippen molar-refractivity contribution in [2.45, 2.75) is 105 Å². The van der Waals surface area contributed by atoms with E-state index in [1.807, 2.05) is 0 Å². The van der Waals surface area contributed by atoms with Crippen LogP contribution in [0.25, 0.3) is 0 Å². The normalized spacial score (nSPS) is 13.7. The molecule has 0 aliphatic rings. The second kappa shape index (κ2) is 14.4. The van der Waals surface area contributed by atoms with Gasteiger partial charge in [-0.2, -0.15) is 0 Å². The van der Waals surface area contributed by atoms with Crippen LogP contribution in [0.15, 0.2) is 18.2 Å². The molecule has 0 spiro atoms. The zero-order valence-electron chi connectivity index (χ0n) is 23.4. The topological polar surface area (TPSA) is 159 Å². The molecule has 1 rings (SSSR count). The Kier molecular flexibility index (Phi) is 12.3. The Labute approximate surface area is 223 Å². The zero-order valence-corrected chi connectivity index (χ0v) is 23.4. The van der Waals surface area contributed by atoms with Gasteiger partial charge in [0.05, 0.1) is 12.2 Å². The van der Waals surface area contributed by atoms with Crippen LogP contribution in [0.3, 0.4) is 0 Å². The number of hydrogen-bond acceptors (Lipinski definition) is 12. The van der Waals surface area contributed by atoms with Gasteiger partial charge in [0.1, 0.15) is 23.9 Å². The summed E-state index contributed by atoms with van der Waals surface area (Å²) in [6, 6.07) is 3.17. The number of nitrogens with two attached hydrogens (primary N) is 1. The van der Waals surface area contributed by atoms with Crippen molar-refractivity contribution in [1.29, 1.82) is 0 Å². The highest BCUT2D eigenvalue weighted by Crippen LogP contribution is 2.30. The van der Waals surface area contributed by atoms with Gasteiger partial charge in [-0.05, 0) is 86.4 Å². The van der Waals surface area contributed by atoms with Gasteiger partial charge in [0.25, 0.3) is 0 Å². The fourth-order valence-corrected chi connectivity index (χ4v) is 2.68. The van der Waals surface area contributed by atoms with Crippen LogP contribution in [-0.4, -0.2) is 60.5 Å². The number of ether oxygens (including phenoxy) is 7. The summed E-state index contributed by atoms with van der Waals surface area (Å²) in [7, 11) is 0. The molecule has 0 aliphatic heterocycles. The highest BCUT2D eigenvalue weighted by atomic mass is 16.8. The third kappa shape index (κ3) is 12.6. The third-order valence-electron chi connectivity index (χ3n) is 4.45. The van der Waals surface area contributed by atoms with Crippen molar-refractivity contribution in [3.05, 3.63) is 23.8 Å². The molecule has 0 aliphatic carbocycles. The molecule has 0 saturated heterocycles. The molecule has 1 aromatic rings. The molecular formula is C26H39NO11. The molecule has 214 valence electrons. The van der Waals surface area contributed by atoms with E-state index in [2.05, 4.69) is 0 Å². The first kappa shape index (κ1) is 32.5. The Morgan fingerprint density at radius 2 is 1.24 bits per heavy atom. The predicted molar refractivity (Wildman–Crippen MR) is 135 cm³/mol. The van der Waals surface area contributed by atoms with Crippen LogP contribution < -0.4 is 15.2 Å². The fourth-order valence-electron chi connectivity index (χ4n) is 2.68. The van der Waals surface area contributed by atoms with E-state index in [1.165, 1.54) is 18.2 Å². The van der Waals surface area contributed by atoms with Gasteiger partial charge in [-0.1, -0.05) is 6.07 Å². The van der Waals surface area contributed by atoms with E-state index in [0.29, 0.717) is 5.56 Å². The van der Waals surface area contributed by atoms with Crippen LogP contribution in [0.4, 0.5) is 14.4 Å². The monoisotopic (exact) mass is 541 g/mol. The first-order valence-corrected chi connectivity index (χ1v) is 12.2. The molecule has 38 heavy (non-hydrogen) atoms. The standard InChI is InChI=1S/C26H39NO11/c1-14(2)32-23(29)36-20-11-10-18(13-21(20)37-24(30)33-15(3)4)12-19(27)22(28)34-16(5)17(6)35-25(31)38-26(7,8)9/h10-11,13-17,19H,12,27H2,1-9H3/t16-,17-,19-/m0/s1. The molecule has 2 N–H and O–H groups in total. The van der Waals surface area contributed by atoms with E-state index in [9.17, 15) is 19.2 Å². The van der Waals surface area contributed by atoms with Crippen molar-refractivity contribution >= 4 is 24.4 Å². The van der Waals surface area contributed by atoms with Crippen LogP contribution in [-0.2, 0) is 34.9 Å². The van der Waals surface area contributed by atoms with E-state index in [0.717, 1.165) is 0 Å². The lowest BCUT2D eigenvalue weighted by Gasteiger charge is -2.24. The summed E-state index contributed by atoms with van der Waals surface area (Å²) >= 11 is 0. The van der Waals surface area contributed by atoms with Crippen molar-refractivity contribution in [1.82, 2.24) is 0 Å². The van der Waals surface area contributed by atoms with Gasteiger partial charge in [0.2, 0.25) is 0 Å². The molecule has 0 radical (unpaired) electrons. The van der Waals surface area contributed by atoms with Gasteiger partial charge in [0, 0.05) is 0 Å². The van der Waals surface area contributed by atoms with Crippen molar-refractivity contribution in [2.75, 3.05) is 0 Å². The van der Waals surface area contributed by atoms with Crippen molar-refractivity contribution in [3.8, 4) is 11.5 Å². The number of benzene rings is 1. The zero-order chi connectivity index (χ0) is 29.2. The van der Waals surface area contributed by atoms with Gasteiger partial charge in [-0.15, -0.1) is 0 Å². The Bertz CT molecular complexity index is 968. The fraction of sp³-hybridized carbons (Fsp3) is 0.615. The molecule has 0 unspecified atom stereocenters. The van der Waals surface area contributed by atoms with Gasteiger partial charge in [0.15, 0.2) is 11.5 Å². The average molecular weight is 542 g/mol. The lowest BCUT2D eigenvalue weighted by molar-refractivity contribution is -0.156. The summed E-state index contributed by atoms with van der Waals surface area (Å²) in [6.45, 7) is 14.8. The molecule has 12 nitrogen and oxygen atoms in total. The maximum atomic E-state index is 12.6. The van der Waals surface area contributed by atoms with Gasteiger partial charge in [-0.25, -0.2) is 14.4 Å². The van der Waals surface area contributed by atoms with Crippen LogP contribution in [0.5, 0.6) is 11.5 Å². The Hall–Kier alpha value is -3.54. The van der Waals surface area contributed by atoms with E-state index in [4.69, 9.17) is 38.9 Å². The number of hydrogen-bond donors (Lipinski definition) is 1. The molecule has 12 heteroatoms. The van der Waals surface area contributed by atoms with Crippen LogP contribution >= 0.6 is 0 Å². The van der Waals surface area contributed by atoms with Gasteiger partial charge >= 0.3 is 24.4 Å². The summed E-state index contributed by atoms with van der Waals surface area (Å²) in [6.07, 6.45) is -5.40. The predicted octanol–water partition coefficient (Wildman–Crippen LogP) is 4.68. The molecule has 0 bridgehead atoms. The average Bonchev–Trinajstić information content (AvgIpc) is 2.72. The quantitative estimate of drug-likeness (QED) is 0.248. The first-order chi connectivity index (χ1) is 17.5. The summed E-state index contributed by atoms with van der Waals surface area (Å²) < 4.78 is 35.9. The van der Waals surface area contributed by atoms with Gasteiger partial charge < -0.3 is 38.9 Å². The molecule has 1 aromatic carbocycles. The smallest absolute Gasteiger partial charge is 0.458 e. The lowest BCUT2D eigenvalue weighted by atomic mass is 10.1. The summed E-state index contributed by atoms with van der Waals surface area (Å²) in [5, 5.41) is 0. The first-order valence-electron chi connectivity index (χ1n) is 12.2. The number of esters is 1. The number of carbonyl (C=O) groups excluding carboxylic acids is 4. The largest absolute Gasteiger partial charge is 0.514 e. The molecule has 0 saturated carbocycles. The molecule has 0 aromatic heterocycles. The van der Waals surface area contributed by atoms with Crippen LogP contribution in [0.2, 0.25) is 0 Å². The minimum absolute atomic E-state index is 0.0147. The Balaban J connectivity index is 2.91. The molecular weight excluding hydrogens is 502 g/mol. The molecule has 0 amide bonds. The minimum Gasteiger partial charge on any atom is -0.458 e. The number of rotatable bonds is 10. The number of carbonyl (C=O) groups is 4. The Morgan fingerprint density at radius 1 is 0.737 bits per heavy atom. The van der Waals surface area contributed by atoms with Crippen molar-refractivity contribution < 1.29 is 52.3 Å². The van der Waals surface area contributed by atoms with E-state index < -0.39 is 60.5 Å². The van der Waals surface area contributed by atoms with Crippen molar-refractivity contribution in [3.63, 3.8) is 0 Å². The minimum atomic E-state index is -1.11. The van der Waals surface area contributed by atoms with Crippen molar-refractivity contribution in [2.24, 2.45) is 5.73 Å². The maximum Gasteiger partial charge on any atom is 0.514 e. The molecule has 0 fully saturated rings. The highest BCUT2D eigenvalue weighted by Gasteiger charge is 2.27. The Morgan fingerprint density at radius 3 is 1.74 bits per heavy atom. The van der Waals surface area contributed by atoms with E-state index in [1.54, 1.807) is 62.3 Å². The third-order valence-corrected chi connectivity index (χ3v) is 4.45. The molecule has 0 heterocycles. The lowest BCUT2D eigenvalue weighted by Crippen LogP contribution is -2.40. The summed E-state index contributed by atoms with van der Waals surface area (Å²) in [5.41, 5.74) is 5.76. The van der Waals surface area contributed by atoms with Crippen LogP contribution in [0, 0.1) is 0 Å².